The van der Waals surface area contributed by atoms with Crippen LogP contribution < -0.4 is 10.2 Å². The van der Waals surface area contributed by atoms with Gasteiger partial charge in [0.05, 0.1) is 29.3 Å². The van der Waals surface area contributed by atoms with Gasteiger partial charge >= 0.3 is 6.09 Å². The number of hydrogen-bond acceptors (Lipinski definition) is 6. The molecule has 37 heavy (non-hydrogen) atoms. The molecule has 1 amide bonds. The molecular weight excluding hydrogens is 466 g/mol. The lowest BCUT2D eigenvalue weighted by Gasteiger charge is -2.38. The minimum absolute atomic E-state index is 0.153. The number of allylic oxidation sites excluding steroid dienone is 2. The SMILES string of the molecule is O=C(O)N[C@H]1c2ccccc2C[C@@]12CC=C(c1cnc3c(N4CCCc5ncccc54)n[nH]c3n1)CC2. The van der Waals surface area contributed by atoms with Crippen LogP contribution in [0, 0.1) is 5.41 Å². The van der Waals surface area contributed by atoms with Gasteiger partial charge < -0.3 is 15.3 Å². The predicted octanol–water partition coefficient (Wildman–Crippen LogP) is 4.95. The molecule has 0 radical (unpaired) electrons. The van der Waals surface area contributed by atoms with Gasteiger partial charge in [-0.1, -0.05) is 30.3 Å². The van der Waals surface area contributed by atoms with Crippen molar-refractivity contribution in [1.82, 2.24) is 30.5 Å². The Bertz CT molecular complexity index is 1560. The number of carbonyl (C=O) groups is 1. The summed E-state index contributed by atoms with van der Waals surface area (Å²) in [4.78, 5) is 28.0. The smallest absolute Gasteiger partial charge is 0.405 e. The number of pyridine rings is 1. The van der Waals surface area contributed by atoms with Gasteiger partial charge in [-0.05, 0) is 67.4 Å². The number of aromatic amines is 1. The van der Waals surface area contributed by atoms with Crippen molar-refractivity contribution in [1.29, 1.82) is 0 Å². The van der Waals surface area contributed by atoms with Gasteiger partial charge in [-0.2, -0.15) is 5.10 Å². The van der Waals surface area contributed by atoms with Crippen molar-refractivity contribution in [3.63, 3.8) is 0 Å². The zero-order valence-electron chi connectivity index (χ0n) is 20.3. The van der Waals surface area contributed by atoms with E-state index < -0.39 is 6.09 Å². The molecule has 186 valence electrons. The van der Waals surface area contributed by atoms with Crippen molar-refractivity contribution in [2.24, 2.45) is 5.41 Å². The van der Waals surface area contributed by atoms with Crippen LogP contribution in [0.5, 0.6) is 0 Å². The minimum Gasteiger partial charge on any atom is -0.465 e. The molecule has 0 unspecified atom stereocenters. The fourth-order valence-corrected chi connectivity index (χ4v) is 6.46. The zero-order valence-corrected chi connectivity index (χ0v) is 20.3. The van der Waals surface area contributed by atoms with Crippen LogP contribution in [0.15, 0.2) is 54.9 Å². The molecule has 2 atom stereocenters. The number of nitrogens with one attached hydrogen (secondary N) is 2. The normalized spacial score (nSPS) is 22.5. The zero-order chi connectivity index (χ0) is 25.0. The van der Waals surface area contributed by atoms with Crippen molar-refractivity contribution < 1.29 is 9.90 Å². The molecule has 3 aromatic heterocycles. The van der Waals surface area contributed by atoms with Gasteiger partial charge in [-0.25, -0.2) is 14.8 Å². The Morgan fingerprint density at radius 1 is 1.16 bits per heavy atom. The highest BCUT2D eigenvalue weighted by atomic mass is 16.4. The average molecular weight is 494 g/mol. The highest BCUT2D eigenvalue weighted by molar-refractivity contribution is 5.87. The second kappa shape index (κ2) is 8.40. The molecule has 0 saturated heterocycles. The molecule has 1 aliphatic heterocycles. The van der Waals surface area contributed by atoms with Crippen LogP contribution in [-0.4, -0.2) is 42.9 Å². The van der Waals surface area contributed by atoms with E-state index in [2.05, 4.69) is 49.7 Å². The van der Waals surface area contributed by atoms with Crippen molar-refractivity contribution in [2.45, 2.75) is 44.6 Å². The topological polar surface area (TPSA) is 120 Å². The fourth-order valence-electron chi connectivity index (χ4n) is 6.46. The summed E-state index contributed by atoms with van der Waals surface area (Å²) in [6.45, 7) is 0.864. The average Bonchev–Trinajstić information content (AvgIpc) is 3.47. The van der Waals surface area contributed by atoms with E-state index in [1.807, 2.05) is 30.6 Å². The Morgan fingerprint density at radius 2 is 2.08 bits per heavy atom. The standard InChI is InChI=1S/C28H27N7O2/c36-27(37)32-24-19-6-2-1-5-18(19)15-28(24)11-9-17(10-12-28)21-16-30-23-25(31-21)33-34-26(23)35-14-4-7-20-22(35)8-3-13-29-20/h1-3,5-6,8-9,13,16,24,32H,4,7,10-12,14-15H2,(H,36,37)(H,31,33,34)/t24-,28-/m0/s1. The van der Waals surface area contributed by atoms with E-state index in [4.69, 9.17) is 9.97 Å². The van der Waals surface area contributed by atoms with Crippen molar-refractivity contribution >= 4 is 34.3 Å². The summed E-state index contributed by atoms with van der Waals surface area (Å²) in [5, 5.41) is 20.0. The first-order valence-electron chi connectivity index (χ1n) is 12.8. The summed E-state index contributed by atoms with van der Waals surface area (Å²) >= 11 is 0. The summed E-state index contributed by atoms with van der Waals surface area (Å²) in [5.41, 5.74) is 7.76. The lowest BCUT2D eigenvalue weighted by atomic mass is 9.70. The molecule has 0 saturated carbocycles. The van der Waals surface area contributed by atoms with E-state index >= 15 is 0 Å². The van der Waals surface area contributed by atoms with Crippen LogP contribution in [0.4, 0.5) is 16.3 Å². The number of anilines is 2. The number of benzene rings is 1. The molecule has 9 nitrogen and oxygen atoms in total. The third-order valence-electron chi connectivity index (χ3n) is 8.22. The van der Waals surface area contributed by atoms with Crippen molar-refractivity contribution in [3.8, 4) is 0 Å². The summed E-state index contributed by atoms with van der Waals surface area (Å²) in [5.74, 6) is 0.783. The molecule has 9 heteroatoms. The molecule has 1 aromatic carbocycles. The van der Waals surface area contributed by atoms with Gasteiger partial charge in [0.15, 0.2) is 17.0 Å². The van der Waals surface area contributed by atoms with Gasteiger partial charge in [-0.15, -0.1) is 0 Å². The number of carboxylic acid groups (broad SMARTS) is 1. The summed E-state index contributed by atoms with van der Waals surface area (Å²) in [6, 6.07) is 12.0. The molecule has 3 N–H and O–H groups in total. The molecule has 2 aliphatic carbocycles. The van der Waals surface area contributed by atoms with Crippen LogP contribution in [0.2, 0.25) is 0 Å². The lowest BCUT2D eigenvalue weighted by Crippen LogP contribution is -2.39. The number of aryl methyl sites for hydroxylation is 1. The second-order valence-electron chi connectivity index (χ2n) is 10.3. The largest absolute Gasteiger partial charge is 0.465 e. The van der Waals surface area contributed by atoms with E-state index in [0.29, 0.717) is 5.65 Å². The van der Waals surface area contributed by atoms with Gasteiger partial charge in [0.1, 0.15) is 0 Å². The first-order valence-corrected chi connectivity index (χ1v) is 12.8. The third kappa shape index (κ3) is 3.56. The highest BCUT2D eigenvalue weighted by Gasteiger charge is 2.47. The molecule has 0 fully saturated rings. The number of amides is 1. The minimum atomic E-state index is -0.977. The van der Waals surface area contributed by atoms with Gasteiger partial charge in [0.2, 0.25) is 0 Å². The van der Waals surface area contributed by atoms with E-state index in [1.165, 1.54) is 5.56 Å². The van der Waals surface area contributed by atoms with Gasteiger partial charge in [0.25, 0.3) is 0 Å². The Labute approximate surface area is 213 Å². The van der Waals surface area contributed by atoms with E-state index in [-0.39, 0.29) is 11.5 Å². The van der Waals surface area contributed by atoms with Crippen LogP contribution in [0.25, 0.3) is 16.7 Å². The number of rotatable bonds is 3. The number of hydrogen-bond donors (Lipinski definition) is 3. The number of H-pyrrole nitrogens is 1. The quantitative estimate of drug-likeness (QED) is 0.369. The molecule has 0 bridgehead atoms. The van der Waals surface area contributed by atoms with E-state index in [0.717, 1.165) is 84.6 Å². The van der Waals surface area contributed by atoms with Gasteiger partial charge in [0, 0.05) is 18.2 Å². The van der Waals surface area contributed by atoms with Crippen LogP contribution >= 0.6 is 0 Å². The first kappa shape index (κ1) is 22.0. The van der Waals surface area contributed by atoms with Crippen LogP contribution in [0.3, 0.4) is 0 Å². The Balaban J connectivity index is 1.18. The second-order valence-corrected chi connectivity index (χ2v) is 10.3. The molecular formula is C28H27N7O2. The molecule has 4 aromatic rings. The molecule has 1 spiro atoms. The van der Waals surface area contributed by atoms with Crippen molar-refractivity contribution in [2.75, 3.05) is 11.4 Å². The van der Waals surface area contributed by atoms with Crippen LogP contribution in [-0.2, 0) is 12.8 Å². The first-order chi connectivity index (χ1) is 18.1. The number of fused-ring (bicyclic) bond motifs is 3. The van der Waals surface area contributed by atoms with Crippen molar-refractivity contribution in [3.05, 3.63) is 77.4 Å². The maximum absolute atomic E-state index is 11.6. The van der Waals surface area contributed by atoms with E-state index in [9.17, 15) is 9.90 Å². The molecule has 4 heterocycles. The number of aromatic nitrogens is 5. The summed E-state index contributed by atoms with van der Waals surface area (Å²) in [7, 11) is 0. The summed E-state index contributed by atoms with van der Waals surface area (Å²) in [6.07, 6.45) is 10.3. The van der Waals surface area contributed by atoms with E-state index in [1.54, 1.807) is 0 Å². The Kier molecular flexibility index (Phi) is 4.99. The Morgan fingerprint density at radius 3 is 2.95 bits per heavy atom. The maximum Gasteiger partial charge on any atom is 0.405 e. The fraction of sp³-hybridized carbons (Fsp3) is 0.321. The highest BCUT2D eigenvalue weighted by Crippen LogP contribution is 2.54. The third-order valence-corrected chi connectivity index (χ3v) is 8.22. The molecule has 3 aliphatic rings. The lowest BCUT2D eigenvalue weighted by molar-refractivity contribution is 0.156. The monoisotopic (exact) mass is 493 g/mol. The maximum atomic E-state index is 11.6. The molecule has 7 rings (SSSR count). The van der Waals surface area contributed by atoms with Crippen LogP contribution in [0.1, 0.15) is 54.2 Å². The Hall–Kier alpha value is -4.27. The van der Waals surface area contributed by atoms with Gasteiger partial charge in [-0.3, -0.25) is 10.1 Å². The number of nitrogens with zero attached hydrogens (tertiary/aromatic N) is 5. The predicted molar refractivity (Wildman–Crippen MR) is 140 cm³/mol. The summed E-state index contributed by atoms with van der Waals surface area (Å²) < 4.78 is 0.